The molecule has 4 rings (SSSR count). The standard InChI is InChI=1S/C19H16ClN3S/c1-11-7-8-15-16(9-11)23-19(22-15)24-10-17-18(20)12(2)13-5-3-4-6-14(13)21-17/h3-9H,10H2,1-2H3,(H,22,23). The molecule has 3 nitrogen and oxygen atoms in total. The number of aromatic amines is 1. The Kier molecular flexibility index (Phi) is 3.94. The van der Waals surface area contributed by atoms with Crippen molar-refractivity contribution in [3.63, 3.8) is 0 Å². The number of fused-ring (bicyclic) bond motifs is 2. The van der Waals surface area contributed by atoms with E-state index in [9.17, 15) is 0 Å². The zero-order valence-corrected chi connectivity index (χ0v) is 15.0. The number of rotatable bonds is 3. The van der Waals surface area contributed by atoms with Gasteiger partial charge >= 0.3 is 0 Å². The van der Waals surface area contributed by atoms with E-state index >= 15 is 0 Å². The maximum Gasteiger partial charge on any atom is 0.166 e. The van der Waals surface area contributed by atoms with Crippen molar-refractivity contribution in [3.05, 3.63) is 64.3 Å². The summed E-state index contributed by atoms with van der Waals surface area (Å²) in [6.07, 6.45) is 0. The molecule has 2 heterocycles. The maximum absolute atomic E-state index is 6.53. The van der Waals surface area contributed by atoms with Crippen LogP contribution in [0, 0.1) is 13.8 Å². The third-order valence-electron chi connectivity index (χ3n) is 4.11. The first-order valence-electron chi connectivity index (χ1n) is 7.75. The molecule has 24 heavy (non-hydrogen) atoms. The summed E-state index contributed by atoms with van der Waals surface area (Å²) in [7, 11) is 0. The van der Waals surface area contributed by atoms with Crippen LogP contribution in [0.1, 0.15) is 16.8 Å². The van der Waals surface area contributed by atoms with Gasteiger partial charge in [-0.05, 0) is 43.2 Å². The second-order valence-corrected chi connectivity index (χ2v) is 7.21. The summed E-state index contributed by atoms with van der Waals surface area (Å²) >= 11 is 8.15. The molecule has 0 radical (unpaired) electrons. The molecule has 1 N–H and O–H groups in total. The van der Waals surface area contributed by atoms with Crippen LogP contribution in [0.15, 0.2) is 47.6 Å². The number of imidazole rings is 1. The first-order chi connectivity index (χ1) is 11.6. The fourth-order valence-electron chi connectivity index (χ4n) is 2.82. The van der Waals surface area contributed by atoms with Crippen molar-refractivity contribution in [2.75, 3.05) is 0 Å². The Labute approximate surface area is 149 Å². The third-order valence-corrected chi connectivity index (χ3v) is 5.49. The van der Waals surface area contributed by atoms with Gasteiger partial charge in [-0.3, -0.25) is 4.98 Å². The predicted molar refractivity (Wildman–Crippen MR) is 102 cm³/mol. The molecule has 120 valence electrons. The van der Waals surface area contributed by atoms with Crippen LogP contribution in [0.3, 0.4) is 0 Å². The number of H-pyrrole nitrogens is 1. The van der Waals surface area contributed by atoms with Gasteiger partial charge in [-0.25, -0.2) is 4.98 Å². The summed E-state index contributed by atoms with van der Waals surface area (Å²) in [5.74, 6) is 0.684. The molecule has 0 atom stereocenters. The zero-order chi connectivity index (χ0) is 16.7. The Hall–Kier alpha value is -2.04. The molecule has 0 fully saturated rings. The van der Waals surface area contributed by atoms with Crippen molar-refractivity contribution in [1.82, 2.24) is 15.0 Å². The Balaban J connectivity index is 1.65. The van der Waals surface area contributed by atoms with E-state index in [0.29, 0.717) is 5.75 Å². The van der Waals surface area contributed by atoms with Crippen molar-refractivity contribution in [3.8, 4) is 0 Å². The highest BCUT2D eigenvalue weighted by molar-refractivity contribution is 7.98. The second kappa shape index (κ2) is 6.11. The number of halogens is 1. The predicted octanol–water partition coefficient (Wildman–Crippen LogP) is 5.67. The average Bonchev–Trinajstić information content (AvgIpc) is 2.99. The number of nitrogens with zero attached hydrogens (tertiary/aromatic N) is 2. The minimum Gasteiger partial charge on any atom is -0.333 e. The van der Waals surface area contributed by atoms with Gasteiger partial charge in [0.25, 0.3) is 0 Å². The van der Waals surface area contributed by atoms with Crippen molar-refractivity contribution in [1.29, 1.82) is 0 Å². The summed E-state index contributed by atoms with van der Waals surface area (Å²) in [5, 5.41) is 2.74. The number of benzene rings is 2. The molecule has 4 aromatic rings. The van der Waals surface area contributed by atoms with Crippen LogP contribution in [-0.2, 0) is 5.75 Å². The number of nitrogens with one attached hydrogen (secondary N) is 1. The molecule has 0 aliphatic rings. The Bertz CT molecular complexity index is 1060. The van der Waals surface area contributed by atoms with Gasteiger partial charge in [-0.1, -0.05) is 47.6 Å². The van der Waals surface area contributed by atoms with Crippen molar-refractivity contribution in [2.45, 2.75) is 24.8 Å². The van der Waals surface area contributed by atoms with Crippen LogP contribution in [-0.4, -0.2) is 15.0 Å². The van der Waals surface area contributed by atoms with Gasteiger partial charge in [0.05, 0.1) is 27.3 Å². The molecular formula is C19H16ClN3S. The summed E-state index contributed by atoms with van der Waals surface area (Å²) in [4.78, 5) is 12.7. The van der Waals surface area contributed by atoms with Gasteiger partial charge in [0.15, 0.2) is 5.16 Å². The molecule has 0 bridgehead atoms. The number of aryl methyl sites for hydroxylation is 2. The molecule has 0 aliphatic heterocycles. The van der Waals surface area contributed by atoms with E-state index in [2.05, 4.69) is 35.1 Å². The largest absolute Gasteiger partial charge is 0.333 e. The highest BCUT2D eigenvalue weighted by Gasteiger charge is 2.12. The fraction of sp³-hybridized carbons (Fsp3) is 0.158. The van der Waals surface area contributed by atoms with Crippen molar-refractivity contribution < 1.29 is 0 Å². The maximum atomic E-state index is 6.53. The highest BCUT2D eigenvalue weighted by atomic mass is 35.5. The lowest BCUT2D eigenvalue weighted by Crippen LogP contribution is -1.94. The van der Waals surface area contributed by atoms with Crippen LogP contribution in [0.2, 0.25) is 5.02 Å². The number of para-hydroxylation sites is 1. The molecule has 0 saturated carbocycles. The van der Waals surface area contributed by atoms with Gasteiger partial charge in [0, 0.05) is 11.1 Å². The number of hydrogen-bond acceptors (Lipinski definition) is 3. The second-order valence-electron chi connectivity index (χ2n) is 5.87. The lowest BCUT2D eigenvalue weighted by molar-refractivity contribution is 1.07. The summed E-state index contributed by atoms with van der Waals surface area (Å²) in [5.41, 5.74) is 6.23. The number of thioether (sulfide) groups is 1. The van der Waals surface area contributed by atoms with Crippen LogP contribution in [0.25, 0.3) is 21.9 Å². The first kappa shape index (κ1) is 15.5. The van der Waals surface area contributed by atoms with Gasteiger partial charge in [0.1, 0.15) is 0 Å². The molecule has 0 unspecified atom stereocenters. The number of pyridine rings is 1. The summed E-state index contributed by atoms with van der Waals surface area (Å²) in [6, 6.07) is 14.3. The Morgan fingerprint density at radius 1 is 1.04 bits per heavy atom. The van der Waals surface area contributed by atoms with Crippen LogP contribution in [0.4, 0.5) is 0 Å². The van der Waals surface area contributed by atoms with E-state index in [0.717, 1.165) is 43.4 Å². The van der Waals surface area contributed by atoms with E-state index in [-0.39, 0.29) is 0 Å². The highest BCUT2D eigenvalue weighted by Crippen LogP contribution is 2.31. The average molecular weight is 354 g/mol. The van der Waals surface area contributed by atoms with Crippen LogP contribution in [0.5, 0.6) is 0 Å². The minimum atomic E-state index is 0.684. The smallest absolute Gasteiger partial charge is 0.166 e. The quantitative estimate of drug-likeness (QED) is 0.482. The monoisotopic (exact) mass is 353 g/mol. The van der Waals surface area contributed by atoms with Gasteiger partial charge in [-0.2, -0.15) is 0 Å². The lowest BCUT2D eigenvalue weighted by atomic mass is 10.1. The van der Waals surface area contributed by atoms with Crippen molar-refractivity contribution >= 4 is 45.3 Å². The Morgan fingerprint density at radius 3 is 2.75 bits per heavy atom. The van der Waals surface area contributed by atoms with E-state index < -0.39 is 0 Å². The van der Waals surface area contributed by atoms with Gasteiger partial charge in [-0.15, -0.1) is 0 Å². The van der Waals surface area contributed by atoms with Crippen LogP contribution >= 0.6 is 23.4 Å². The normalized spacial score (nSPS) is 11.5. The molecule has 0 amide bonds. The van der Waals surface area contributed by atoms with E-state index in [1.165, 1.54) is 5.56 Å². The third kappa shape index (κ3) is 2.76. The topological polar surface area (TPSA) is 41.6 Å². The molecule has 2 aromatic heterocycles. The molecule has 0 aliphatic carbocycles. The van der Waals surface area contributed by atoms with Gasteiger partial charge in [0.2, 0.25) is 0 Å². The molecule has 0 spiro atoms. The number of hydrogen-bond donors (Lipinski definition) is 1. The summed E-state index contributed by atoms with van der Waals surface area (Å²) in [6.45, 7) is 4.12. The van der Waals surface area contributed by atoms with E-state index in [1.807, 2.05) is 31.2 Å². The first-order valence-corrected chi connectivity index (χ1v) is 9.11. The molecule has 5 heteroatoms. The summed E-state index contributed by atoms with van der Waals surface area (Å²) < 4.78 is 0. The van der Waals surface area contributed by atoms with Crippen molar-refractivity contribution in [2.24, 2.45) is 0 Å². The van der Waals surface area contributed by atoms with E-state index in [4.69, 9.17) is 16.6 Å². The zero-order valence-electron chi connectivity index (χ0n) is 13.4. The minimum absolute atomic E-state index is 0.684. The van der Waals surface area contributed by atoms with E-state index in [1.54, 1.807) is 11.8 Å². The molecule has 2 aromatic carbocycles. The fourth-order valence-corrected chi connectivity index (χ4v) is 3.94. The van der Waals surface area contributed by atoms with Crippen LogP contribution < -0.4 is 0 Å². The Morgan fingerprint density at radius 2 is 1.88 bits per heavy atom. The SMILES string of the molecule is Cc1ccc2nc(SCc3nc4ccccc4c(C)c3Cl)[nH]c2c1. The lowest BCUT2D eigenvalue weighted by Gasteiger charge is -2.09. The number of aromatic nitrogens is 3. The molecular weight excluding hydrogens is 338 g/mol. The molecule has 0 saturated heterocycles. The van der Waals surface area contributed by atoms with Gasteiger partial charge < -0.3 is 4.98 Å².